The molecule has 2 N–H and O–H groups in total. The fraction of sp³-hybridized carbons (Fsp3) is 0.348. The smallest absolute Gasteiger partial charge is 0.407 e. The van der Waals surface area contributed by atoms with E-state index in [1.165, 1.54) is 7.11 Å². The molecule has 8 heteroatoms. The summed E-state index contributed by atoms with van der Waals surface area (Å²) in [5, 5.41) is 12.2. The maximum absolute atomic E-state index is 12.8. The number of carboxylic acid groups (broad SMARTS) is 1. The van der Waals surface area contributed by atoms with Crippen LogP contribution in [0.5, 0.6) is 5.75 Å². The molecule has 0 spiro atoms. The van der Waals surface area contributed by atoms with E-state index in [2.05, 4.69) is 38.1 Å². The van der Waals surface area contributed by atoms with Gasteiger partial charge in [-0.15, -0.1) is 0 Å². The second-order valence-corrected chi connectivity index (χ2v) is 8.98. The third kappa shape index (κ3) is 7.00. The summed E-state index contributed by atoms with van der Waals surface area (Å²) in [4.78, 5) is 29.9. The highest BCUT2D eigenvalue weighted by atomic mass is 79.9. The van der Waals surface area contributed by atoms with Gasteiger partial charge in [0.15, 0.2) is 11.4 Å². The molecule has 31 heavy (non-hydrogen) atoms. The number of methoxy groups -OCH3 is 1. The van der Waals surface area contributed by atoms with Gasteiger partial charge in [0.1, 0.15) is 11.9 Å². The molecule has 1 atom stereocenters. The van der Waals surface area contributed by atoms with Gasteiger partial charge >= 0.3 is 6.09 Å². The average molecular weight is 488 g/mol. The van der Waals surface area contributed by atoms with Crippen LogP contribution in [0.3, 0.4) is 0 Å². The molecule has 1 aromatic heterocycles. The molecule has 0 fully saturated rings. The first kappa shape index (κ1) is 24.2. The van der Waals surface area contributed by atoms with Crippen LogP contribution < -0.4 is 10.1 Å². The Hall–Kier alpha value is -3.05. The van der Waals surface area contributed by atoms with E-state index in [0.717, 1.165) is 10.5 Å². The molecular formula is C23H26BrN3O4. The Balaban J connectivity index is 2.30. The third-order valence-corrected chi connectivity index (χ3v) is 4.81. The molecule has 1 unspecified atom stereocenters. The molecule has 0 aliphatic rings. The van der Waals surface area contributed by atoms with Crippen LogP contribution >= 0.6 is 15.9 Å². The Morgan fingerprint density at radius 2 is 1.90 bits per heavy atom. The molecule has 0 aliphatic carbocycles. The summed E-state index contributed by atoms with van der Waals surface area (Å²) >= 11 is 3.41. The van der Waals surface area contributed by atoms with Gasteiger partial charge in [0.25, 0.3) is 0 Å². The zero-order chi connectivity index (χ0) is 23.2. The molecule has 0 bridgehead atoms. The van der Waals surface area contributed by atoms with Gasteiger partial charge in [-0.05, 0) is 52.4 Å². The van der Waals surface area contributed by atoms with E-state index >= 15 is 0 Å². The van der Waals surface area contributed by atoms with Crippen LogP contribution in [0, 0.1) is 17.3 Å². The number of hydrogen-bond acceptors (Lipinski definition) is 4. The average Bonchev–Trinajstić information content (AvgIpc) is 2.69. The summed E-state index contributed by atoms with van der Waals surface area (Å²) < 4.78 is 5.95. The molecule has 1 aromatic carbocycles. The molecule has 0 aliphatic heterocycles. The minimum absolute atomic E-state index is 0.213. The Labute approximate surface area is 190 Å². The summed E-state index contributed by atoms with van der Waals surface area (Å²) in [5.41, 5.74) is 0.854. The third-order valence-electron chi connectivity index (χ3n) is 4.22. The van der Waals surface area contributed by atoms with E-state index in [9.17, 15) is 14.7 Å². The van der Waals surface area contributed by atoms with Gasteiger partial charge in [-0.25, -0.2) is 9.78 Å². The van der Waals surface area contributed by atoms with E-state index < -0.39 is 18.0 Å². The van der Waals surface area contributed by atoms with E-state index in [1.807, 2.05) is 51.1 Å². The first-order chi connectivity index (χ1) is 14.5. The maximum atomic E-state index is 12.8. The number of hydrogen-bond donors (Lipinski definition) is 2. The highest BCUT2D eigenvalue weighted by Gasteiger charge is 2.29. The number of ether oxygens (including phenoxy) is 1. The SMILES string of the molecule is COc1c(Br)cc(NC(=O)C(C)N(CC(C)(C)C)C(=O)O)nc1C#Cc1ccccc1. The van der Waals surface area contributed by atoms with Gasteiger partial charge in [0, 0.05) is 12.1 Å². The zero-order valence-electron chi connectivity index (χ0n) is 18.2. The van der Waals surface area contributed by atoms with E-state index in [0.29, 0.717) is 15.9 Å². The Bertz CT molecular complexity index is 1010. The van der Waals surface area contributed by atoms with Crippen LogP contribution in [0.1, 0.15) is 39.0 Å². The van der Waals surface area contributed by atoms with Crippen molar-refractivity contribution in [3.05, 3.63) is 52.1 Å². The molecule has 164 valence electrons. The second-order valence-electron chi connectivity index (χ2n) is 8.12. The number of anilines is 1. The summed E-state index contributed by atoms with van der Waals surface area (Å²) in [6.45, 7) is 7.49. The van der Waals surface area contributed by atoms with Crippen molar-refractivity contribution in [2.24, 2.45) is 5.41 Å². The van der Waals surface area contributed by atoms with Crippen molar-refractivity contribution in [1.29, 1.82) is 0 Å². The maximum Gasteiger partial charge on any atom is 0.407 e. The van der Waals surface area contributed by atoms with Crippen molar-refractivity contribution < 1.29 is 19.4 Å². The van der Waals surface area contributed by atoms with Crippen molar-refractivity contribution >= 4 is 33.7 Å². The number of aromatic nitrogens is 1. The molecule has 0 radical (unpaired) electrons. The molecule has 0 saturated carbocycles. The minimum Gasteiger partial charge on any atom is -0.493 e. The zero-order valence-corrected chi connectivity index (χ0v) is 19.8. The van der Waals surface area contributed by atoms with Crippen LogP contribution in [-0.4, -0.2) is 46.7 Å². The van der Waals surface area contributed by atoms with E-state index in [1.54, 1.807) is 13.0 Å². The summed E-state index contributed by atoms with van der Waals surface area (Å²) in [7, 11) is 1.51. The predicted octanol–water partition coefficient (Wildman–Crippen LogP) is 4.61. The molecule has 0 saturated heterocycles. The lowest BCUT2D eigenvalue weighted by atomic mass is 9.95. The lowest BCUT2D eigenvalue weighted by Crippen LogP contribution is -2.48. The number of halogens is 1. The first-order valence-electron chi connectivity index (χ1n) is 9.64. The Morgan fingerprint density at radius 1 is 1.26 bits per heavy atom. The molecule has 2 aromatic rings. The predicted molar refractivity (Wildman–Crippen MR) is 123 cm³/mol. The minimum atomic E-state index is -1.16. The lowest BCUT2D eigenvalue weighted by molar-refractivity contribution is -0.120. The Morgan fingerprint density at radius 3 is 2.45 bits per heavy atom. The van der Waals surface area contributed by atoms with Gasteiger partial charge in [0.05, 0.1) is 11.6 Å². The van der Waals surface area contributed by atoms with Crippen molar-refractivity contribution in [1.82, 2.24) is 9.88 Å². The van der Waals surface area contributed by atoms with Crippen molar-refractivity contribution in [3.8, 4) is 17.6 Å². The number of pyridine rings is 1. The number of rotatable bonds is 5. The summed E-state index contributed by atoms with van der Waals surface area (Å²) in [6, 6.07) is 10.1. The molecule has 2 rings (SSSR count). The van der Waals surface area contributed by atoms with Gasteiger partial charge in [0.2, 0.25) is 5.91 Å². The second kappa shape index (κ2) is 10.3. The fourth-order valence-corrected chi connectivity index (χ4v) is 3.32. The van der Waals surface area contributed by atoms with Crippen molar-refractivity contribution in [2.45, 2.75) is 33.7 Å². The quantitative estimate of drug-likeness (QED) is 0.600. The van der Waals surface area contributed by atoms with Crippen molar-refractivity contribution in [3.63, 3.8) is 0 Å². The summed E-state index contributed by atoms with van der Waals surface area (Å²) in [6.07, 6.45) is -1.16. The number of benzene rings is 1. The summed E-state index contributed by atoms with van der Waals surface area (Å²) in [5.74, 6) is 6.17. The van der Waals surface area contributed by atoms with E-state index in [4.69, 9.17) is 4.74 Å². The first-order valence-corrected chi connectivity index (χ1v) is 10.4. The lowest BCUT2D eigenvalue weighted by Gasteiger charge is -2.31. The van der Waals surface area contributed by atoms with Crippen LogP contribution in [0.25, 0.3) is 0 Å². The normalized spacial score (nSPS) is 11.7. The van der Waals surface area contributed by atoms with Crippen LogP contribution in [0.4, 0.5) is 10.6 Å². The van der Waals surface area contributed by atoms with Crippen LogP contribution in [0.15, 0.2) is 40.9 Å². The van der Waals surface area contributed by atoms with Gasteiger partial charge in [-0.1, -0.05) is 44.9 Å². The van der Waals surface area contributed by atoms with Gasteiger partial charge in [-0.2, -0.15) is 0 Å². The highest BCUT2D eigenvalue weighted by Crippen LogP contribution is 2.30. The number of amides is 2. The molecule has 2 amide bonds. The highest BCUT2D eigenvalue weighted by molar-refractivity contribution is 9.10. The fourth-order valence-electron chi connectivity index (χ4n) is 2.75. The van der Waals surface area contributed by atoms with Crippen LogP contribution in [-0.2, 0) is 4.79 Å². The topological polar surface area (TPSA) is 91.8 Å². The molecule has 7 nitrogen and oxygen atoms in total. The molecule has 1 heterocycles. The van der Waals surface area contributed by atoms with Crippen LogP contribution in [0.2, 0.25) is 0 Å². The largest absolute Gasteiger partial charge is 0.493 e. The number of carbonyl (C=O) groups is 2. The number of nitrogens with zero attached hydrogens (tertiary/aromatic N) is 2. The van der Waals surface area contributed by atoms with Gasteiger partial charge in [-0.3, -0.25) is 9.69 Å². The monoisotopic (exact) mass is 487 g/mol. The van der Waals surface area contributed by atoms with Gasteiger partial charge < -0.3 is 15.2 Å². The standard InChI is InChI=1S/C23H26BrN3O4/c1-15(27(22(29)30)14-23(2,3)4)21(28)26-19-13-17(24)20(31-5)18(25-19)12-11-16-9-7-6-8-10-16/h6-10,13,15H,14H2,1-5H3,(H,29,30)(H,25,26,28). The number of nitrogens with one attached hydrogen (secondary N) is 1. The van der Waals surface area contributed by atoms with E-state index in [-0.39, 0.29) is 17.8 Å². The number of carbonyl (C=O) groups excluding carboxylic acids is 1. The Kier molecular flexibility index (Phi) is 8.06. The molecular weight excluding hydrogens is 462 g/mol. The van der Waals surface area contributed by atoms with Crippen molar-refractivity contribution in [2.75, 3.05) is 19.0 Å².